The Hall–Kier alpha value is -4.08. The van der Waals surface area contributed by atoms with Crippen molar-refractivity contribution in [2.45, 2.75) is 0 Å². The van der Waals surface area contributed by atoms with Crippen molar-refractivity contribution in [3.8, 4) is 0 Å². The number of nitro benzene ring substituents is 1. The van der Waals surface area contributed by atoms with Crippen LogP contribution in [0.4, 0.5) is 17.1 Å². The first kappa shape index (κ1) is 23.6. The minimum absolute atomic E-state index is 0.0676. The molecule has 0 atom stereocenters. The van der Waals surface area contributed by atoms with E-state index in [9.17, 15) is 19.7 Å². The van der Waals surface area contributed by atoms with Crippen molar-refractivity contribution in [1.29, 1.82) is 0 Å². The number of amides is 2. The lowest BCUT2D eigenvalue weighted by Gasteiger charge is -2.10. The first-order valence-electron chi connectivity index (χ1n) is 9.51. The molecule has 0 bridgehead atoms. The number of nitrogens with one attached hydrogen (secondary N) is 3. The van der Waals surface area contributed by atoms with Crippen LogP contribution in [-0.2, 0) is 4.79 Å². The fourth-order valence-electron chi connectivity index (χ4n) is 2.70. The summed E-state index contributed by atoms with van der Waals surface area (Å²) in [5.74, 6) is -0.791. The van der Waals surface area contributed by atoms with E-state index in [2.05, 4.69) is 16.0 Å². The van der Waals surface area contributed by atoms with Gasteiger partial charge in [-0.3, -0.25) is 25.0 Å². The lowest BCUT2D eigenvalue weighted by molar-refractivity contribution is -0.384. The van der Waals surface area contributed by atoms with Crippen LogP contribution in [0.25, 0.3) is 6.08 Å². The Morgan fingerprint density at radius 1 is 0.939 bits per heavy atom. The van der Waals surface area contributed by atoms with Crippen molar-refractivity contribution < 1.29 is 14.5 Å². The third-order valence-corrected chi connectivity index (χ3v) is 4.67. The van der Waals surface area contributed by atoms with E-state index in [-0.39, 0.29) is 16.7 Å². The number of thiocarbonyl (C=S) groups is 1. The molecule has 0 fully saturated rings. The van der Waals surface area contributed by atoms with E-state index in [1.807, 2.05) is 0 Å². The molecule has 0 heterocycles. The normalized spacial score (nSPS) is 10.5. The average molecular weight is 481 g/mol. The van der Waals surface area contributed by atoms with Crippen LogP contribution in [0.1, 0.15) is 15.9 Å². The Morgan fingerprint density at radius 2 is 1.61 bits per heavy atom. The fourth-order valence-corrected chi connectivity index (χ4v) is 3.11. The molecule has 3 N–H and O–H groups in total. The van der Waals surface area contributed by atoms with Crippen LogP contribution in [0.15, 0.2) is 78.9 Å². The molecule has 2 amide bonds. The minimum atomic E-state index is -0.509. The van der Waals surface area contributed by atoms with E-state index >= 15 is 0 Å². The van der Waals surface area contributed by atoms with Crippen LogP contribution in [0.3, 0.4) is 0 Å². The maximum absolute atomic E-state index is 12.3. The quantitative estimate of drug-likeness (QED) is 0.197. The van der Waals surface area contributed by atoms with Crippen LogP contribution in [0.5, 0.6) is 0 Å². The van der Waals surface area contributed by atoms with Gasteiger partial charge >= 0.3 is 0 Å². The predicted octanol–water partition coefficient (Wildman–Crippen LogP) is 5.03. The van der Waals surface area contributed by atoms with E-state index in [1.165, 1.54) is 30.4 Å². The number of nitro groups is 1. The second-order valence-corrected chi connectivity index (χ2v) is 7.52. The van der Waals surface area contributed by atoms with Crippen LogP contribution in [-0.4, -0.2) is 21.9 Å². The summed E-state index contributed by atoms with van der Waals surface area (Å²) in [6.45, 7) is 0. The molecule has 3 rings (SSSR count). The maximum atomic E-state index is 12.3. The zero-order chi connectivity index (χ0) is 23.8. The highest BCUT2D eigenvalue weighted by Crippen LogP contribution is 2.17. The molecule has 0 saturated heterocycles. The van der Waals surface area contributed by atoms with Gasteiger partial charge in [-0.2, -0.15) is 0 Å². The molecule has 0 saturated carbocycles. The number of hydrogen-bond acceptors (Lipinski definition) is 5. The lowest BCUT2D eigenvalue weighted by Crippen LogP contribution is -2.32. The van der Waals surface area contributed by atoms with Gasteiger partial charge in [0, 0.05) is 40.2 Å². The molecule has 33 heavy (non-hydrogen) atoms. The van der Waals surface area contributed by atoms with Crippen LogP contribution in [0, 0.1) is 10.1 Å². The van der Waals surface area contributed by atoms with Gasteiger partial charge in [-0.05, 0) is 66.3 Å². The van der Waals surface area contributed by atoms with E-state index in [0.29, 0.717) is 27.5 Å². The zero-order valence-corrected chi connectivity index (χ0v) is 18.5. The lowest BCUT2D eigenvalue weighted by atomic mass is 10.2. The molecule has 0 radical (unpaired) electrons. The highest BCUT2D eigenvalue weighted by atomic mass is 35.5. The number of carbonyl (C=O) groups is 2. The first-order valence-corrected chi connectivity index (χ1v) is 10.3. The second-order valence-electron chi connectivity index (χ2n) is 6.67. The second kappa shape index (κ2) is 11.0. The first-order chi connectivity index (χ1) is 15.8. The summed E-state index contributed by atoms with van der Waals surface area (Å²) < 4.78 is 0. The van der Waals surface area contributed by atoms with E-state index in [4.69, 9.17) is 23.8 Å². The Morgan fingerprint density at radius 3 is 2.27 bits per heavy atom. The van der Waals surface area contributed by atoms with Gasteiger partial charge in [0.15, 0.2) is 5.11 Å². The number of halogens is 1. The molecule has 0 aromatic heterocycles. The number of non-ortho nitro benzene ring substituents is 1. The van der Waals surface area contributed by atoms with Gasteiger partial charge in [-0.15, -0.1) is 0 Å². The van der Waals surface area contributed by atoms with Crippen LogP contribution >= 0.6 is 23.8 Å². The van der Waals surface area contributed by atoms with Crippen molar-refractivity contribution in [2.75, 3.05) is 10.6 Å². The summed E-state index contributed by atoms with van der Waals surface area (Å²) in [5, 5.41) is 19.5. The number of hydrogen-bond donors (Lipinski definition) is 3. The highest BCUT2D eigenvalue weighted by Gasteiger charge is 2.08. The van der Waals surface area contributed by atoms with Crippen molar-refractivity contribution in [3.63, 3.8) is 0 Å². The fraction of sp³-hybridized carbons (Fsp3) is 0. The summed E-state index contributed by atoms with van der Waals surface area (Å²) in [7, 11) is 0. The Balaban J connectivity index is 1.52. The van der Waals surface area contributed by atoms with Crippen molar-refractivity contribution >= 4 is 63.9 Å². The van der Waals surface area contributed by atoms with E-state index in [1.54, 1.807) is 54.6 Å². The molecule has 0 unspecified atom stereocenters. The van der Waals surface area contributed by atoms with Gasteiger partial charge in [0.25, 0.3) is 11.6 Å². The standard InChI is InChI=1S/C23H17ClN4O4S/c24-17-5-2-4-16(14-17)22(30)25-18-8-10-19(11-9-18)26-23(33)27-21(29)12-7-15-3-1-6-20(13-15)28(31)32/h1-14H,(H,25,30)(H2,26,27,29,33). The topological polar surface area (TPSA) is 113 Å². The molecular weight excluding hydrogens is 464 g/mol. The SMILES string of the molecule is O=C(C=Cc1cccc([N+](=O)[O-])c1)NC(=S)Nc1ccc(NC(=O)c2cccc(Cl)c2)cc1. The minimum Gasteiger partial charge on any atom is -0.332 e. The Bertz CT molecular complexity index is 1250. The summed E-state index contributed by atoms with van der Waals surface area (Å²) in [5.41, 5.74) is 2.05. The smallest absolute Gasteiger partial charge is 0.270 e. The molecule has 0 spiro atoms. The van der Waals surface area contributed by atoms with Crippen molar-refractivity contribution in [2.24, 2.45) is 0 Å². The number of nitrogens with zero attached hydrogens (tertiary/aromatic N) is 1. The van der Waals surface area contributed by atoms with Gasteiger partial charge in [0.1, 0.15) is 0 Å². The molecule has 8 nitrogen and oxygen atoms in total. The predicted molar refractivity (Wildman–Crippen MR) is 132 cm³/mol. The van der Waals surface area contributed by atoms with Gasteiger partial charge in [0.05, 0.1) is 4.92 Å². The number of benzene rings is 3. The molecule has 0 aliphatic heterocycles. The number of anilines is 2. The Labute approximate surface area is 199 Å². The molecule has 166 valence electrons. The van der Waals surface area contributed by atoms with Gasteiger partial charge in [-0.25, -0.2) is 0 Å². The molecule has 0 aliphatic rings. The van der Waals surface area contributed by atoms with Crippen molar-refractivity contribution in [1.82, 2.24) is 5.32 Å². The molecule has 10 heteroatoms. The zero-order valence-electron chi connectivity index (χ0n) is 16.9. The number of rotatable bonds is 6. The van der Waals surface area contributed by atoms with Crippen LogP contribution in [0.2, 0.25) is 5.02 Å². The average Bonchev–Trinajstić information content (AvgIpc) is 2.79. The molecule has 0 aliphatic carbocycles. The van der Waals surface area contributed by atoms with Gasteiger partial charge in [-0.1, -0.05) is 29.8 Å². The third kappa shape index (κ3) is 7.23. The van der Waals surface area contributed by atoms with E-state index < -0.39 is 10.8 Å². The number of carbonyl (C=O) groups excluding carboxylic acids is 2. The summed E-state index contributed by atoms with van der Waals surface area (Å²) in [6.07, 6.45) is 2.67. The van der Waals surface area contributed by atoms with Crippen molar-refractivity contribution in [3.05, 3.63) is 105 Å². The highest BCUT2D eigenvalue weighted by molar-refractivity contribution is 7.80. The molecule has 3 aromatic rings. The molecule has 3 aromatic carbocycles. The van der Waals surface area contributed by atoms with Gasteiger partial charge in [0.2, 0.25) is 5.91 Å². The molecular formula is C23H17ClN4O4S. The van der Waals surface area contributed by atoms with Crippen LogP contribution < -0.4 is 16.0 Å². The maximum Gasteiger partial charge on any atom is 0.270 e. The van der Waals surface area contributed by atoms with E-state index in [0.717, 1.165) is 0 Å². The summed E-state index contributed by atoms with van der Waals surface area (Å²) in [4.78, 5) is 34.6. The monoisotopic (exact) mass is 480 g/mol. The summed E-state index contributed by atoms with van der Waals surface area (Å²) in [6, 6.07) is 19.2. The summed E-state index contributed by atoms with van der Waals surface area (Å²) >= 11 is 11.0. The Kier molecular flexibility index (Phi) is 7.85. The third-order valence-electron chi connectivity index (χ3n) is 4.23. The van der Waals surface area contributed by atoms with Gasteiger partial charge < -0.3 is 10.6 Å². The largest absolute Gasteiger partial charge is 0.332 e.